The van der Waals surface area contributed by atoms with Crippen molar-refractivity contribution in [3.05, 3.63) is 33.9 Å². The minimum atomic E-state index is -1.16. The first-order chi connectivity index (χ1) is 9.49. The molecule has 1 aliphatic rings. The maximum atomic E-state index is 13.6. The van der Waals surface area contributed by atoms with Crippen LogP contribution in [0.5, 0.6) is 0 Å². The number of rotatable bonds is 2. The van der Waals surface area contributed by atoms with Crippen molar-refractivity contribution in [2.45, 2.75) is 19.3 Å². The van der Waals surface area contributed by atoms with Crippen LogP contribution in [0.2, 0.25) is 0 Å². The first-order valence-corrected chi connectivity index (χ1v) is 6.18. The van der Waals surface area contributed by atoms with Crippen LogP contribution >= 0.6 is 0 Å². The first-order valence-electron chi connectivity index (χ1n) is 6.18. The number of nitro benzene ring substituents is 1. The van der Waals surface area contributed by atoms with Crippen LogP contribution in [0, 0.1) is 21.7 Å². The largest absolute Gasteiger partial charge is 0.325 e. The van der Waals surface area contributed by atoms with E-state index >= 15 is 0 Å². The third-order valence-electron chi connectivity index (χ3n) is 3.11. The molecule has 0 bridgehead atoms. The lowest BCUT2D eigenvalue weighted by atomic mass is 10.1. The highest BCUT2D eigenvalue weighted by Gasteiger charge is 2.25. The van der Waals surface area contributed by atoms with Gasteiger partial charge in [0, 0.05) is 19.2 Å². The third-order valence-corrected chi connectivity index (χ3v) is 3.11. The molecule has 0 saturated carbocycles. The monoisotopic (exact) mass is 285 g/mol. The molecule has 6 nitrogen and oxygen atoms in total. The maximum Gasteiger partial charge on any atom is 0.322 e. The Bertz CT molecular complexity index is 545. The zero-order valence-electron chi connectivity index (χ0n) is 10.6. The second-order valence-corrected chi connectivity index (χ2v) is 4.52. The highest BCUT2D eigenvalue weighted by molar-refractivity contribution is 5.92. The third kappa shape index (κ3) is 3.01. The molecule has 0 aromatic heterocycles. The number of anilines is 1. The normalized spacial score (nSPS) is 15.0. The molecule has 108 valence electrons. The Morgan fingerprint density at radius 1 is 1.25 bits per heavy atom. The number of likely N-dealkylation sites (tertiary alicyclic amines) is 1. The van der Waals surface area contributed by atoms with Crippen molar-refractivity contribution in [2.75, 3.05) is 18.4 Å². The molecule has 0 aliphatic carbocycles. The predicted octanol–water partition coefficient (Wildman–Crippen LogP) is 2.89. The summed E-state index contributed by atoms with van der Waals surface area (Å²) in [4.78, 5) is 23.2. The standard InChI is InChI=1S/C12H13F2N3O3/c13-8-6-9(14)11(10(7-8)17(19)20)15-12(18)16-4-2-1-3-5-16/h6-7H,1-5H2,(H,15,18). The van der Waals surface area contributed by atoms with Crippen molar-refractivity contribution >= 4 is 17.4 Å². The van der Waals surface area contributed by atoms with Gasteiger partial charge in [-0.2, -0.15) is 0 Å². The number of amides is 2. The number of hydrogen-bond donors (Lipinski definition) is 1. The van der Waals surface area contributed by atoms with E-state index in [9.17, 15) is 23.7 Å². The molecule has 8 heteroatoms. The number of nitro groups is 1. The van der Waals surface area contributed by atoms with Gasteiger partial charge in [0.05, 0.1) is 11.0 Å². The zero-order valence-corrected chi connectivity index (χ0v) is 10.6. The van der Waals surface area contributed by atoms with E-state index in [4.69, 9.17) is 0 Å². The Labute approximate surface area is 113 Å². The van der Waals surface area contributed by atoms with Crippen LogP contribution in [0.15, 0.2) is 12.1 Å². The van der Waals surface area contributed by atoms with E-state index in [1.807, 2.05) is 0 Å². The van der Waals surface area contributed by atoms with Crippen molar-refractivity contribution in [1.82, 2.24) is 4.90 Å². The molecule has 1 heterocycles. The second kappa shape index (κ2) is 5.81. The van der Waals surface area contributed by atoms with Crippen LogP contribution in [0.25, 0.3) is 0 Å². The number of carbonyl (C=O) groups is 1. The second-order valence-electron chi connectivity index (χ2n) is 4.52. The van der Waals surface area contributed by atoms with Crippen LogP contribution in [0.1, 0.15) is 19.3 Å². The SMILES string of the molecule is O=C(Nc1c(F)cc(F)cc1[N+](=O)[O-])N1CCCCC1. The molecule has 1 aliphatic heterocycles. The lowest BCUT2D eigenvalue weighted by molar-refractivity contribution is -0.384. The zero-order chi connectivity index (χ0) is 14.7. The van der Waals surface area contributed by atoms with Gasteiger partial charge in [-0.1, -0.05) is 0 Å². The average molecular weight is 285 g/mol. The molecular formula is C12H13F2N3O3. The Hall–Kier alpha value is -2.25. The number of piperidine rings is 1. The quantitative estimate of drug-likeness (QED) is 0.670. The molecule has 1 aromatic rings. The minimum Gasteiger partial charge on any atom is -0.325 e. The molecule has 2 amide bonds. The summed E-state index contributed by atoms with van der Waals surface area (Å²) in [5.74, 6) is -2.23. The number of hydrogen-bond acceptors (Lipinski definition) is 3. The van der Waals surface area contributed by atoms with Crippen LogP contribution in [0.3, 0.4) is 0 Å². The van der Waals surface area contributed by atoms with Gasteiger partial charge in [-0.25, -0.2) is 13.6 Å². The number of carbonyl (C=O) groups excluding carboxylic acids is 1. The number of halogens is 2. The Morgan fingerprint density at radius 3 is 2.50 bits per heavy atom. The van der Waals surface area contributed by atoms with E-state index < -0.39 is 34.0 Å². The van der Waals surface area contributed by atoms with Gasteiger partial charge in [0.1, 0.15) is 5.82 Å². The maximum absolute atomic E-state index is 13.6. The molecule has 1 N–H and O–H groups in total. The van der Waals surface area contributed by atoms with Crippen LogP contribution in [0.4, 0.5) is 25.0 Å². The van der Waals surface area contributed by atoms with Crippen LogP contribution in [-0.2, 0) is 0 Å². The van der Waals surface area contributed by atoms with Gasteiger partial charge in [0.2, 0.25) is 0 Å². The van der Waals surface area contributed by atoms with Gasteiger partial charge in [-0.15, -0.1) is 0 Å². The summed E-state index contributed by atoms with van der Waals surface area (Å²) in [5.41, 5.74) is -1.40. The van der Waals surface area contributed by atoms with Crippen molar-refractivity contribution in [3.63, 3.8) is 0 Å². The number of urea groups is 1. The van der Waals surface area contributed by atoms with E-state index in [2.05, 4.69) is 5.32 Å². The van der Waals surface area contributed by atoms with Gasteiger partial charge in [0.15, 0.2) is 11.5 Å². The lowest BCUT2D eigenvalue weighted by Gasteiger charge is -2.26. The number of benzene rings is 1. The van der Waals surface area contributed by atoms with E-state index in [-0.39, 0.29) is 0 Å². The average Bonchev–Trinajstić information content (AvgIpc) is 2.42. The van der Waals surface area contributed by atoms with E-state index in [0.717, 1.165) is 19.3 Å². The summed E-state index contributed by atoms with van der Waals surface area (Å²) >= 11 is 0. The Kier molecular flexibility index (Phi) is 4.11. The van der Waals surface area contributed by atoms with Gasteiger partial charge < -0.3 is 4.90 Å². The fourth-order valence-electron chi connectivity index (χ4n) is 2.11. The minimum absolute atomic E-state index is 0.499. The summed E-state index contributed by atoms with van der Waals surface area (Å²) in [6.45, 7) is 1.03. The molecule has 1 fully saturated rings. The summed E-state index contributed by atoms with van der Waals surface area (Å²) < 4.78 is 26.6. The van der Waals surface area contributed by atoms with Crippen molar-refractivity contribution in [3.8, 4) is 0 Å². The summed E-state index contributed by atoms with van der Waals surface area (Å²) in [5, 5.41) is 13.0. The molecule has 1 aromatic carbocycles. The molecule has 2 rings (SSSR count). The summed E-state index contributed by atoms with van der Waals surface area (Å²) in [6.07, 6.45) is 2.68. The molecule has 0 radical (unpaired) electrons. The molecular weight excluding hydrogens is 272 g/mol. The lowest BCUT2D eigenvalue weighted by Crippen LogP contribution is -2.39. The molecule has 0 spiro atoms. The topological polar surface area (TPSA) is 75.5 Å². The fraction of sp³-hybridized carbons (Fsp3) is 0.417. The molecule has 1 saturated heterocycles. The van der Waals surface area contributed by atoms with Crippen LogP contribution in [-0.4, -0.2) is 28.9 Å². The van der Waals surface area contributed by atoms with Crippen molar-refractivity contribution in [1.29, 1.82) is 0 Å². The molecule has 0 atom stereocenters. The highest BCUT2D eigenvalue weighted by atomic mass is 19.1. The smallest absolute Gasteiger partial charge is 0.322 e. The van der Waals surface area contributed by atoms with E-state index in [0.29, 0.717) is 25.2 Å². The van der Waals surface area contributed by atoms with Gasteiger partial charge >= 0.3 is 6.03 Å². The highest BCUT2D eigenvalue weighted by Crippen LogP contribution is 2.29. The van der Waals surface area contributed by atoms with E-state index in [1.54, 1.807) is 0 Å². The predicted molar refractivity (Wildman–Crippen MR) is 67.5 cm³/mol. The van der Waals surface area contributed by atoms with E-state index in [1.165, 1.54) is 4.90 Å². The molecule has 20 heavy (non-hydrogen) atoms. The van der Waals surface area contributed by atoms with Gasteiger partial charge in [0.25, 0.3) is 5.69 Å². The first kappa shape index (κ1) is 14.2. The van der Waals surface area contributed by atoms with Crippen molar-refractivity contribution < 1.29 is 18.5 Å². The fourth-order valence-corrected chi connectivity index (χ4v) is 2.11. The Balaban J connectivity index is 2.23. The molecule has 0 unspecified atom stereocenters. The number of nitrogens with zero attached hydrogens (tertiary/aromatic N) is 2. The van der Waals surface area contributed by atoms with Crippen molar-refractivity contribution in [2.24, 2.45) is 0 Å². The Morgan fingerprint density at radius 2 is 1.90 bits per heavy atom. The summed E-state index contributed by atoms with van der Waals surface area (Å²) in [6, 6.07) is 0.464. The van der Waals surface area contributed by atoms with Gasteiger partial charge in [-0.3, -0.25) is 15.4 Å². The van der Waals surface area contributed by atoms with Crippen LogP contribution < -0.4 is 5.32 Å². The summed E-state index contributed by atoms with van der Waals surface area (Å²) in [7, 11) is 0. The number of nitrogens with one attached hydrogen (secondary N) is 1. The van der Waals surface area contributed by atoms with Gasteiger partial charge in [-0.05, 0) is 19.3 Å².